The molecule has 2 heterocycles. The molecule has 0 bridgehead atoms. The van der Waals surface area contributed by atoms with E-state index in [4.69, 9.17) is 0 Å². The highest BCUT2D eigenvalue weighted by molar-refractivity contribution is 5.07. The molecule has 0 amide bonds. The highest BCUT2D eigenvalue weighted by Crippen LogP contribution is 2.45. The molecule has 2 heteroatoms. The number of likely N-dealkylation sites (tertiary alicyclic amines) is 1. The summed E-state index contributed by atoms with van der Waals surface area (Å²) in [6.07, 6.45) is 4.32. The maximum absolute atomic E-state index is 3.60. The monoisotopic (exact) mass is 250 g/mol. The first-order chi connectivity index (χ1) is 8.51. The molecule has 0 spiro atoms. The summed E-state index contributed by atoms with van der Waals surface area (Å²) in [4.78, 5) is 2.89. The fourth-order valence-corrected chi connectivity index (χ4v) is 5.01. The van der Waals surface area contributed by atoms with Gasteiger partial charge in [-0.25, -0.2) is 0 Å². The number of hydrogen-bond acceptors (Lipinski definition) is 2. The van der Waals surface area contributed by atoms with Crippen LogP contribution in [0.25, 0.3) is 0 Å². The zero-order valence-electron chi connectivity index (χ0n) is 12.6. The average molecular weight is 250 g/mol. The standard InChI is InChI=1S/C16H30N2/c1-11-6-5-7-15(12(11)2)18-10-13-8-17-9-14(13)16(18,3)4/h11-15,17H,5-10H2,1-4H3. The van der Waals surface area contributed by atoms with Gasteiger partial charge in [-0.05, 0) is 50.5 Å². The van der Waals surface area contributed by atoms with Crippen molar-refractivity contribution in [3.05, 3.63) is 0 Å². The third-order valence-electron chi connectivity index (χ3n) is 6.48. The van der Waals surface area contributed by atoms with Crippen molar-refractivity contribution in [3.8, 4) is 0 Å². The van der Waals surface area contributed by atoms with Gasteiger partial charge in [0.25, 0.3) is 0 Å². The summed E-state index contributed by atoms with van der Waals surface area (Å²) in [6, 6.07) is 0.842. The number of nitrogens with one attached hydrogen (secondary N) is 1. The summed E-state index contributed by atoms with van der Waals surface area (Å²) in [6.45, 7) is 13.8. The zero-order chi connectivity index (χ0) is 12.9. The quantitative estimate of drug-likeness (QED) is 0.770. The van der Waals surface area contributed by atoms with Crippen molar-refractivity contribution in [1.29, 1.82) is 0 Å². The summed E-state index contributed by atoms with van der Waals surface area (Å²) < 4.78 is 0. The largest absolute Gasteiger partial charge is 0.316 e. The summed E-state index contributed by atoms with van der Waals surface area (Å²) in [5, 5.41) is 3.60. The molecule has 0 aromatic heterocycles. The second-order valence-electron chi connectivity index (χ2n) is 7.67. The predicted molar refractivity (Wildman–Crippen MR) is 76.6 cm³/mol. The molecule has 3 fully saturated rings. The van der Waals surface area contributed by atoms with Gasteiger partial charge in [0.2, 0.25) is 0 Å². The van der Waals surface area contributed by atoms with Gasteiger partial charge < -0.3 is 5.32 Å². The van der Waals surface area contributed by atoms with Crippen LogP contribution in [0.5, 0.6) is 0 Å². The Labute approximate surface area is 113 Å². The molecule has 5 atom stereocenters. The van der Waals surface area contributed by atoms with Crippen LogP contribution < -0.4 is 5.32 Å². The summed E-state index contributed by atoms with van der Waals surface area (Å²) >= 11 is 0. The number of rotatable bonds is 1. The van der Waals surface area contributed by atoms with E-state index < -0.39 is 0 Å². The first-order valence-electron chi connectivity index (χ1n) is 7.99. The number of nitrogens with zero attached hydrogens (tertiary/aromatic N) is 1. The molecule has 0 aromatic carbocycles. The van der Waals surface area contributed by atoms with Crippen LogP contribution in [0.1, 0.15) is 47.0 Å². The van der Waals surface area contributed by atoms with Crippen LogP contribution in [0.3, 0.4) is 0 Å². The van der Waals surface area contributed by atoms with Crippen molar-refractivity contribution >= 4 is 0 Å². The third-order valence-corrected chi connectivity index (χ3v) is 6.48. The van der Waals surface area contributed by atoms with Gasteiger partial charge in [0.15, 0.2) is 0 Å². The minimum Gasteiger partial charge on any atom is -0.316 e. The van der Waals surface area contributed by atoms with Crippen LogP contribution in [-0.2, 0) is 0 Å². The molecule has 18 heavy (non-hydrogen) atoms. The Morgan fingerprint density at radius 1 is 1.11 bits per heavy atom. The Balaban J connectivity index is 1.80. The predicted octanol–water partition coefficient (Wildman–Crippen LogP) is 2.74. The Morgan fingerprint density at radius 2 is 1.89 bits per heavy atom. The smallest absolute Gasteiger partial charge is 0.0200 e. The SMILES string of the molecule is CC1CCCC(N2CC3CNCC3C2(C)C)C1C. The van der Waals surface area contributed by atoms with Gasteiger partial charge in [-0.2, -0.15) is 0 Å². The molecule has 3 rings (SSSR count). The molecule has 104 valence electrons. The maximum Gasteiger partial charge on any atom is 0.0200 e. The van der Waals surface area contributed by atoms with Crippen molar-refractivity contribution in [2.75, 3.05) is 19.6 Å². The highest BCUT2D eigenvalue weighted by atomic mass is 15.3. The fraction of sp³-hybridized carbons (Fsp3) is 1.00. The Kier molecular flexibility index (Phi) is 3.22. The van der Waals surface area contributed by atoms with Crippen LogP contribution in [0.4, 0.5) is 0 Å². The molecule has 1 saturated carbocycles. The van der Waals surface area contributed by atoms with E-state index in [0.29, 0.717) is 5.54 Å². The second kappa shape index (κ2) is 4.49. The van der Waals surface area contributed by atoms with Crippen LogP contribution in [0.15, 0.2) is 0 Å². The van der Waals surface area contributed by atoms with Crippen LogP contribution >= 0.6 is 0 Å². The van der Waals surface area contributed by atoms with Crippen molar-refractivity contribution in [1.82, 2.24) is 10.2 Å². The van der Waals surface area contributed by atoms with Crippen molar-refractivity contribution < 1.29 is 0 Å². The molecule has 0 radical (unpaired) electrons. The van der Waals surface area contributed by atoms with Gasteiger partial charge in [0, 0.05) is 24.7 Å². The van der Waals surface area contributed by atoms with Gasteiger partial charge >= 0.3 is 0 Å². The van der Waals surface area contributed by atoms with E-state index in [2.05, 4.69) is 37.9 Å². The molecular weight excluding hydrogens is 220 g/mol. The van der Waals surface area contributed by atoms with Gasteiger partial charge in [0.05, 0.1) is 0 Å². The minimum atomic E-state index is 0.407. The van der Waals surface area contributed by atoms with Crippen molar-refractivity contribution in [3.63, 3.8) is 0 Å². The van der Waals surface area contributed by atoms with Crippen molar-refractivity contribution in [2.45, 2.75) is 58.5 Å². The van der Waals surface area contributed by atoms with Gasteiger partial charge in [-0.15, -0.1) is 0 Å². The first-order valence-corrected chi connectivity index (χ1v) is 7.99. The van der Waals surface area contributed by atoms with Gasteiger partial charge in [-0.3, -0.25) is 4.90 Å². The van der Waals surface area contributed by atoms with Crippen molar-refractivity contribution in [2.24, 2.45) is 23.7 Å². The van der Waals surface area contributed by atoms with E-state index in [1.165, 1.54) is 38.9 Å². The van der Waals surface area contributed by atoms with E-state index in [-0.39, 0.29) is 0 Å². The first kappa shape index (κ1) is 12.9. The lowest BCUT2D eigenvalue weighted by Gasteiger charge is -2.47. The number of hydrogen-bond donors (Lipinski definition) is 1. The molecule has 5 unspecified atom stereocenters. The molecule has 3 aliphatic rings. The molecule has 2 saturated heterocycles. The minimum absolute atomic E-state index is 0.407. The molecule has 2 aliphatic heterocycles. The summed E-state index contributed by atoms with van der Waals surface area (Å²) in [5.41, 5.74) is 0.407. The van der Waals surface area contributed by atoms with Crippen LogP contribution in [0, 0.1) is 23.7 Å². The van der Waals surface area contributed by atoms with Gasteiger partial charge in [-0.1, -0.05) is 26.7 Å². The molecule has 0 aromatic rings. The van der Waals surface area contributed by atoms with E-state index in [9.17, 15) is 0 Å². The highest BCUT2D eigenvalue weighted by Gasteiger charge is 2.52. The Morgan fingerprint density at radius 3 is 2.61 bits per heavy atom. The van der Waals surface area contributed by atoms with E-state index in [1.807, 2.05) is 0 Å². The van der Waals surface area contributed by atoms with Crippen LogP contribution in [-0.4, -0.2) is 36.1 Å². The lowest BCUT2D eigenvalue weighted by atomic mass is 9.75. The lowest BCUT2D eigenvalue weighted by molar-refractivity contribution is 0.0221. The van der Waals surface area contributed by atoms with E-state index >= 15 is 0 Å². The molecule has 1 N–H and O–H groups in total. The third kappa shape index (κ3) is 1.84. The van der Waals surface area contributed by atoms with Crippen LogP contribution in [0.2, 0.25) is 0 Å². The van der Waals surface area contributed by atoms with E-state index in [0.717, 1.165) is 29.7 Å². The fourth-order valence-electron chi connectivity index (χ4n) is 5.01. The topological polar surface area (TPSA) is 15.3 Å². The molecule has 2 nitrogen and oxygen atoms in total. The Hall–Kier alpha value is -0.0800. The molecule has 1 aliphatic carbocycles. The average Bonchev–Trinajstić information content (AvgIpc) is 2.86. The van der Waals surface area contributed by atoms with E-state index in [1.54, 1.807) is 0 Å². The van der Waals surface area contributed by atoms with Gasteiger partial charge in [0.1, 0.15) is 0 Å². The number of fused-ring (bicyclic) bond motifs is 1. The second-order valence-corrected chi connectivity index (χ2v) is 7.67. The summed E-state index contributed by atoms with van der Waals surface area (Å²) in [5.74, 6) is 3.58. The zero-order valence-corrected chi connectivity index (χ0v) is 12.6. The summed E-state index contributed by atoms with van der Waals surface area (Å²) in [7, 11) is 0. The lowest BCUT2D eigenvalue weighted by Crippen LogP contribution is -2.53. The Bertz CT molecular complexity index is 312. The normalized spacial score (nSPS) is 48.3. The molecular formula is C16H30N2. The maximum atomic E-state index is 3.60.